The maximum atomic E-state index is 12.1. The molecule has 0 aliphatic carbocycles. The summed E-state index contributed by atoms with van der Waals surface area (Å²) in [6, 6.07) is 0.157. The zero-order chi connectivity index (χ0) is 12.0. The Labute approximate surface area is 99.5 Å². The van der Waals surface area contributed by atoms with Crippen molar-refractivity contribution in [3.63, 3.8) is 0 Å². The summed E-state index contributed by atoms with van der Waals surface area (Å²) in [5.41, 5.74) is 0. The van der Waals surface area contributed by atoms with Crippen molar-refractivity contribution in [3.8, 4) is 0 Å². The van der Waals surface area contributed by atoms with Crippen LogP contribution in [0.3, 0.4) is 0 Å². The van der Waals surface area contributed by atoms with Gasteiger partial charge in [-0.25, -0.2) is 12.7 Å². The van der Waals surface area contributed by atoms with Crippen LogP contribution in [0, 0.1) is 0 Å². The average Bonchev–Trinajstić information content (AvgIpc) is 2.26. The molecule has 1 heterocycles. The summed E-state index contributed by atoms with van der Waals surface area (Å²) in [6.45, 7) is 6.10. The Morgan fingerprint density at radius 1 is 1.31 bits per heavy atom. The van der Waals surface area contributed by atoms with Gasteiger partial charge in [0.2, 0.25) is 10.0 Å². The summed E-state index contributed by atoms with van der Waals surface area (Å²) in [7, 11) is -3.06. The Morgan fingerprint density at radius 2 is 2.06 bits per heavy atom. The summed E-state index contributed by atoms with van der Waals surface area (Å²) >= 11 is 0. The minimum Gasteiger partial charge on any atom is -0.313 e. The normalized spacial score (nSPS) is 22.6. The molecule has 1 unspecified atom stereocenters. The number of rotatable bonds is 6. The van der Waals surface area contributed by atoms with Crippen molar-refractivity contribution in [3.05, 3.63) is 0 Å². The molecule has 5 heteroatoms. The van der Waals surface area contributed by atoms with E-state index < -0.39 is 10.0 Å². The molecule has 0 aromatic carbocycles. The van der Waals surface area contributed by atoms with E-state index in [9.17, 15) is 8.42 Å². The van der Waals surface area contributed by atoms with Gasteiger partial charge in [-0.05, 0) is 25.8 Å². The van der Waals surface area contributed by atoms with Crippen LogP contribution in [0.2, 0.25) is 0 Å². The van der Waals surface area contributed by atoms with Gasteiger partial charge in [0.1, 0.15) is 0 Å². The standard InChI is InChI=1S/C11H24N2O2S/c1-3-9-13(4-2)16(14,15)10-11-7-5-6-8-12-11/h11-12H,3-10H2,1-2H3. The van der Waals surface area contributed by atoms with E-state index in [-0.39, 0.29) is 11.8 Å². The minimum absolute atomic E-state index is 0.157. The van der Waals surface area contributed by atoms with E-state index in [1.165, 1.54) is 6.42 Å². The molecule has 0 saturated carbocycles. The Kier molecular flexibility index (Phi) is 5.72. The number of piperidine rings is 1. The molecule has 96 valence electrons. The lowest BCUT2D eigenvalue weighted by atomic mass is 10.1. The number of nitrogens with zero attached hydrogens (tertiary/aromatic N) is 1. The maximum absolute atomic E-state index is 12.1. The van der Waals surface area contributed by atoms with Gasteiger partial charge in [-0.2, -0.15) is 0 Å². The number of hydrogen-bond acceptors (Lipinski definition) is 3. The lowest BCUT2D eigenvalue weighted by Gasteiger charge is -2.27. The van der Waals surface area contributed by atoms with E-state index in [4.69, 9.17) is 0 Å². The lowest BCUT2D eigenvalue weighted by molar-refractivity contribution is 0.396. The summed E-state index contributed by atoms with van der Waals surface area (Å²) in [6.07, 6.45) is 4.18. The molecule has 1 rings (SSSR count). The molecule has 0 bridgehead atoms. The number of hydrogen-bond donors (Lipinski definition) is 1. The quantitative estimate of drug-likeness (QED) is 0.768. The molecule has 0 amide bonds. The fourth-order valence-corrected chi connectivity index (χ4v) is 4.03. The summed E-state index contributed by atoms with van der Waals surface area (Å²) in [5.74, 6) is 0.265. The SMILES string of the molecule is CCCN(CC)S(=O)(=O)CC1CCCCN1. The van der Waals surface area contributed by atoms with Crippen LogP contribution < -0.4 is 5.32 Å². The monoisotopic (exact) mass is 248 g/mol. The van der Waals surface area contributed by atoms with Crippen LogP contribution in [0.5, 0.6) is 0 Å². The molecule has 1 saturated heterocycles. The minimum atomic E-state index is -3.06. The van der Waals surface area contributed by atoms with Gasteiger partial charge in [0.05, 0.1) is 5.75 Å². The largest absolute Gasteiger partial charge is 0.313 e. The zero-order valence-corrected chi connectivity index (χ0v) is 11.2. The van der Waals surface area contributed by atoms with Gasteiger partial charge in [-0.3, -0.25) is 0 Å². The second kappa shape index (κ2) is 6.57. The van der Waals surface area contributed by atoms with E-state index >= 15 is 0 Å². The smallest absolute Gasteiger partial charge is 0.215 e. The summed E-state index contributed by atoms with van der Waals surface area (Å²) in [4.78, 5) is 0. The molecule has 1 fully saturated rings. The predicted octanol–water partition coefficient (Wildman–Crippen LogP) is 1.19. The Hall–Kier alpha value is -0.130. The molecule has 1 N–H and O–H groups in total. The molecule has 0 aromatic rings. The maximum Gasteiger partial charge on any atom is 0.215 e. The van der Waals surface area contributed by atoms with Crippen molar-refractivity contribution in [2.45, 2.75) is 45.6 Å². The van der Waals surface area contributed by atoms with Gasteiger partial charge in [-0.15, -0.1) is 0 Å². The molecule has 4 nitrogen and oxygen atoms in total. The van der Waals surface area contributed by atoms with Crippen molar-refractivity contribution < 1.29 is 8.42 Å². The van der Waals surface area contributed by atoms with Crippen LogP contribution in [-0.2, 0) is 10.0 Å². The van der Waals surface area contributed by atoms with E-state index in [1.54, 1.807) is 4.31 Å². The molecule has 0 spiro atoms. The first-order valence-electron chi connectivity index (χ1n) is 6.31. The van der Waals surface area contributed by atoms with Crippen molar-refractivity contribution in [2.24, 2.45) is 0 Å². The van der Waals surface area contributed by atoms with Crippen molar-refractivity contribution >= 4 is 10.0 Å². The number of nitrogens with one attached hydrogen (secondary N) is 1. The predicted molar refractivity (Wildman–Crippen MR) is 67.0 cm³/mol. The van der Waals surface area contributed by atoms with Crippen LogP contribution in [0.25, 0.3) is 0 Å². The number of sulfonamides is 1. The Bertz CT molecular complexity index is 284. The molecule has 0 radical (unpaired) electrons. The molecular formula is C11H24N2O2S. The van der Waals surface area contributed by atoms with Gasteiger partial charge >= 0.3 is 0 Å². The van der Waals surface area contributed by atoms with Gasteiger partial charge in [0, 0.05) is 19.1 Å². The fraction of sp³-hybridized carbons (Fsp3) is 1.00. The van der Waals surface area contributed by atoms with Gasteiger partial charge in [0.25, 0.3) is 0 Å². The van der Waals surface area contributed by atoms with Crippen LogP contribution in [0.4, 0.5) is 0 Å². The van der Waals surface area contributed by atoms with Crippen molar-refractivity contribution in [1.29, 1.82) is 0 Å². The molecule has 0 aromatic heterocycles. The highest BCUT2D eigenvalue weighted by Crippen LogP contribution is 2.12. The van der Waals surface area contributed by atoms with Crippen LogP contribution in [-0.4, -0.2) is 44.2 Å². The van der Waals surface area contributed by atoms with Gasteiger partial charge in [-0.1, -0.05) is 20.3 Å². The van der Waals surface area contributed by atoms with E-state index in [1.807, 2.05) is 13.8 Å². The second-order valence-corrected chi connectivity index (χ2v) is 6.43. The third-order valence-electron chi connectivity index (χ3n) is 3.04. The Morgan fingerprint density at radius 3 is 2.56 bits per heavy atom. The van der Waals surface area contributed by atoms with E-state index in [0.717, 1.165) is 25.8 Å². The van der Waals surface area contributed by atoms with Gasteiger partial charge in [0.15, 0.2) is 0 Å². The second-order valence-electron chi connectivity index (χ2n) is 4.42. The molecular weight excluding hydrogens is 224 g/mol. The highest BCUT2D eigenvalue weighted by atomic mass is 32.2. The van der Waals surface area contributed by atoms with Crippen LogP contribution in [0.1, 0.15) is 39.5 Å². The van der Waals surface area contributed by atoms with E-state index in [0.29, 0.717) is 13.1 Å². The third kappa shape index (κ3) is 4.03. The van der Waals surface area contributed by atoms with Crippen LogP contribution >= 0.6 is 0 Å². The van der Waals surface area contributed by atoms with Crippen molar-refractivity contribution in [1.82, 2.24) is 9.62 Å². The molecule has 1 aliphatic heterocycles. The first kappa shape index (κ1) is 13.9. The Balaban J connectivity index is 2.54. The molecule has 16 heavy (non-hydrogen) atoms. The fourth-order valence-electron chi connectivity index (χ4n) is 2.17. The van der Waals surface area contributed by atoms with E-state index in [2.05, 4.69) is 5.32 Å². The third-order valence-corrected chi connectivity index (χ3v) is 5.09. The summed E-state index contributed by atoms with van der Waals surface area (Å²) < 4.78 is 25.8. The summed E-state index contributed by atoms with van der Waals surface area (Å²) in [5, 5.41) is 3.29. The topological polar surface area (TPSA) is 49.4 Å². The highest BCUT2D eigenvalue weighted by Gasteiger charge is 2.25. The highest BCUT2D eigenvalue weighted by molar-refractivity contribution is 7.89. The van der Waals surface area contributed by atoms with Crippen LogP contribution in [0.15, 0.2) is 0 Å². The first-order chi connectivity index (χ1) is 7.60. The molecule has 1 atom stereocenters. The average molecular weight is 248 g/mol. The van der Waals surface area contributed by atoms with Gasteiger partial charge < -0.3 is 5.32 Å². The zero-order valence-electron chi connectivity index (χ0n) is 10.4. The van der Waals surface area contributed by atoms with Crippen molar-refractivity contribution in [2.75, 3.05) is 25.4 Å². The molecule has 1 aliphatic rings. The lowest BCUT2D eigenvalue weighted by Crippen LogP contribution is -2.44. The first-order valence-corrected chi connectivity index (χ1v) is 7.92.